The summed E-state index contributed by atoms with van der Waals surface area (Å²) in [4.78, 5) is 16.0. The Balaban J connectivity index is 1.30. The number of carbonyl (C=O) groups is 1. The zero-order chi connectivity index (χ0) is 25.1. The van der Waals surface area contributed by atoms with Gasteiger partial charge in [-0.3, -0.25) is 9.69 Å². The van der Waals surface area contributed by atoms with Gasteiger partial charge >= 0.3 is 0 Å². The number of hydrazone groups is 1. The minimum atomic E-state index is -0.0509. The summed E-state index contributed by atoms with van der Waals surface area (Å²) in [5.41, 5.74) is 8.43. The second-order valence-electron chi connectivity index (χ2n) is 10.6. The van der Waals surface area contributed by atoms with Crippen molar-refractivity contribution in [2.45, 2.75) is 52.5 Å². The minimum Gasteiger partial charge on any atom is -0.294 e. The summed E-state index contributed by atoms with van der Waals surface area (Å²) in [6.07, 6.45) is 4.16. The highest BCUT2D eigenvalue weighted by atomic mass is 16.2. The second-order valence-corrected chi connectivity index (χ2v) is 10.6. The first-order chi connectivity index (χ1) is 17.5. The van der Waals surface area contributed by atoms with Crippen LogP contribution in [0, 0.1) is 26.7 Å². The van der Waals surface area contributed by atoms with E-state index in [1.54, 1.807) is 5.01 Å². The van der Waals surface area contributed by atoms with Crippen molar-refractivity contribution in [3.8, 4) is 0 Å². The average molecular weight is 480 g/mol. The molecule has 36 heavy (non-hydrogen) atoms. The molecule has 186 valence electrons. The van der Waals surface area contributed by atoms with Gasteiger partial charge in [-0.25, -0.2) is 5.01 Å². The SMILES string of the molecule is Cc1ccc(C2=NN(C(=O)CN3CCC(Cc4ccccc4)CC3)[C@H](c3ccccc3C)C2)c(C)c1. The molecule has 1 atom stereocenters. The van der Waals surface area contributed by atoms with E-state index >= 15 is 0 Å². The van der Waals surface area contributed by atoms with E-state index in [1.807, 2.05) is 0 Å². The van der Waals surface area contributed by atoms with Crippen LogP contribution in [0.3, 0.4) is 0 Å². The van der Waals surface area contributed by atoms with E-state index in [9.17, 15) is 4.79 Å². The fourth-order valence-electron chi connectivity index (χ4n) is 5.80. The summed E-state index contributed by atoms with van der Waals surface area (Å²) < 4.78 is 0. The number of hydrogen-bond acceptors (Lipinski definition) is 3. The number of likely N-dealkylation sites (tertiary alicyclic amines) is 1. The second kappa shape index (κ2) is 10.8. The Morgan fingerprint density at radius 1 is 0.889 bits per heavy atom. The monoisotopic (exact) mass is 479 g/mol. The van der Waals surface area contributed by atoms with Crippen molar-refractivity contribution in [2.75, 3.05) is 19.6 Å². The van der Waals surface area contributed by atoms with Gasteiger partial charge in [0.2, 0.25) is 0 Å². The molecule has 4 nitrogen and oxygen atoms in total. The molecule has 0 N–H and O–H groups in total. The number of amides is 1. The van der Waals surface area contributed by atoms with Crippen molar-refractivity contribution in [3.05, 3.63) is 106 Å². The van der Waals surface area contributed by atoms with Crippen LogP contribution >= 0.6 is 0 Å². The molecule has 2 heterocycles. The van der Waals surface area contributed by atoms with Crippen LogP contribution in [0.1, 0.15) is 58.7 Å². The summed E-state index contributed by atoms with van der Waals surface area (Å²) in [7, 11) is 0. The normalized spacial score (nSPS) is 18.9. The summed E-state index contributed by atoms with van der Waals surface area (Å²) in [5, 5.41) is 6.74. The maximum Gasteiger partial charge on any atom is 0.257 e. The Morgan fingerprint density at radius 2 is 1.61 bits per heavy atom. The van der Waals surface area contributed by atoms with Crippen LogP contribution in [0.25, 0.3) is 0 Å². The van der Waals surface area contributed by atoms with E-state index in [2.05, 4.69) is 98.5 Å². The molecule has 0 unspecified atom stereocenters. The smallest absolute Gasteiger partial charge is 0.257 e. The first-order valence-electron chi connectivity index (χ1n) is 13.3. The number of hydrogen-bond donors (Lipinski definition) is 0. The molecule has 0 aliphatic carbocycles. The molecule has 1 fully saturated rings. The van der Waals surface area contributed by atoms with Crippen molar-refractivity contribution in [1.82, 2.24) is 9.91 Å². The van der Waals surface area contributed by atoms with Crippen LogP contribution in [-0.4, -0.2) is 41.2 Å². The number of piperidine rings is 1. The summed E-state index contributed by atoms with van der Waals surface area (Å²) in [6.45, 7) is 8.76. The molecule has 0 bridgehead atoms. The third-order valence-corrected chi connectivity index (χ3v) is 7.84. The quantitative estimate of drug-likeness (QED) is 0.419. The molecule has 1 amide bonds. The van der Waals surface area contributed by atoms with Gasteiger partial charge in [0.25, 0.3) is 5.91 Å². The van der Waals surface area contributed by atoms with Crippen LogP contribution in [0.15, 0.2) is 77.9 Å². The maximum atomic E-state index is 13.7. The van der Waals surface area contributed by atoms with Crippen molar-refractivity contribution in [2.24, 2.45) is 11.0 Å². The summed E-state index contributed by atoms with van der Waals surface area (Å²) >= 11 is 0. The van der Waals surface area contributed by atoms with E-state index < -0.39 is 0 Å². The van der Waals surface area contributed by atoms with E-state index in [4.69, 9.17) is 5.10 Å². The summed E-state index contributed by atoms with van der Waals surface area (Å²) in [5.74, 6) is 0.795. The molecule has 2 aliphatic rings. The van der Waals surface area contributed by atoms with Gasteiger partial charge in [-0.15, -0.1) is 0 Å². The molecule has 0 saturated carbocycles. The molecule has 0 aromatic heterocycles. The summed E-state index contributed by atoms with van der Waals surface area (Å²) in [6, 6.07) is 25.6. The third-order valence-electron chi connectivity index (χ3n) is 7.84. The van der Waals surface area contributed by atoms with Gasteiger partial charge in [0.05, 0.1) is 18.3 Å². The lowest BCUT2D eigenvalue weighted by atomic mass is 9.90. The van der Waals surface area contributed by atoms with Crippen LogP contribution in [0.2, 0.25) is 0 Å². The average Bonchev–Trinajstić information content (AvgIpc) is 3.31. The van der Waals surface area contributed by atoms with E-state index in [0.29, 0.717) is 12.5 Å². The lowest BCUT2D eigenvalue weighted by molar-refractivity contribution is -0.134. The lowest BCUT2D eigenvalue weighted by Gasteiger charge is -2.33. The Labute approximate surface area is 215 Å². The zero-order valence-electron chi connectivity index (χ0n) is 21.8. The van der Waals surface area contributed by atoms with Crippen molar-refractivity contribution < 1.29 is 4.79 Å². The Kier molecular flexibility index (Phi) is 7.33. The number of benzene rings is 3. The van der Waals surface area contributed by atoms with Gasteiger partial charge in [-0.05, 0) is 81.3 Å². The molecule has 0 spiro atoms. The van der Waals surface area contributed by atoms with Gasteiger partial charge in [0.1, 0.15) is 0 Å². The molecule has 1 saturated heterocycles. The van der Waals surface area contributed by atoms with Gasteiger partial charge in [-0.2, -0.15) is 5.10 Å². The number of nitrogens with zero attached hydrogens (tertiary/aromatic N) is 3. The molecule has 5 rings (SSSR count). The maximum absolute atomic E-state index is 13.7. The van der Waals surface area contributed by atoms with Crippen molar-refractivity contribution >= 4 is 11.6 Å². The van der Waals surface area contributed by atoms with E-state index in [-0.39, 0.29) is 11.9 Å². The van der Waals surface area contributed by atoms with Crippen LogP contribution < -0.4 is 0 Å². The highest BCUT2D eigenvalue weighted by molar-refractivity contribution is 6.04. The van der Waals surface area contributed by atoms with E-state index in [0.717, 1.165) is 50.0 Å². The standard InChI is InChI=1S/C32H37N3O/c1-23-13-14-28(25(3)19-23)30-21-31(29-12-8-7-9-24(29)2)35(33-30)32(36)22-34-17-15-27(16-18-34)20-26-10-5-4-6-11-26/h4-14,19,27,31H,15-18,20-22H2,1-3H3/t31-/m0/s1. The van der Waals surface area contributed by atoms with Gasteiger partial charge < -0.3 is 0 Å². The molecule has 2 aliphatic heterocycles. The fourth-order valence-corrected chi connectivity index (χ4v) is 5.80. The molecule has 3 aromatic rings. The van der Waals surface area contributed by atoms with Gasteiger partial charge in [0, 0.05) is 12.0 Å². The number of aryl methyl sites for hydroxylation is 3. The van der Waals surface area contributed by atoms with Gasteiger partial charge in [-0.1, -0.05) is 78.4 Å². The first-order valence-corrected chi connectivity index (χ1v) is 13.3. The third kappa shape index (κ3) is 5.44. The molecule has 0 radical (unpaired) electrons. The highest BCUT2D eigenvalue weighted by Gasteiger charge is 2.35. The number of carbonyl (C=O) groups excluding carboxylic acids is 1. The van der Waals surface area contributed by atoms with Crippen LogP contribution in [0.4, 0.5) is 0 Å². The van der Waals surface area contributed by atoms with Crippen molar-refractivity contribution in [1.29, 1.82) is 0 Å². The largest absolute Gasteiger partial charge is 0.294 e. The Bertz CT molecular complexity index is 1240. The molecular weight excluding hydrogens is 442 g/mol. The zero-order valence-corrected chi connectivity index (χ0v) is 21.8. The predicted octanol–water partition coefficient (Wildman–Crippen LogP) is 6.24. The van der Waals surface area contributed by atoms with Gasteiger partial charge in [0.15, 0.2) is 0 Å². The fraction of sp³-hybridized carbons (Fsp3) is 0.375. The first kappa shape index (κ1) is 24.5. The molecule has 3 aromatic carbocycles. The van der Waals surface area contributed by atoms with Crippen LogP contribution in [-0.2, 0) is 11.2 Å². The minimum absolute atomic E-state index is 0.0509. The van der Waals surface area contributed by atoms with Crippen molar-refractivity contribution in [3.63, 3.8) is 0 Å². The number of rotatable bonds is 6. The highest BCUT2D eigenvalue weighted by Crippen LogP contribution is 2.35. The Hall–Kier alpha value is -3.24. The molecule has 4 heteroatoms. The Morgan fingerprint density at radius 3 is 2.33 bits per heavy atom. The molecular formula is C32H37N3O. The predicted molar refractivity (Wildman–Crippen MR) is 147 cm³/mol. The lowest BCUT2D eigenvalue weighted by Crippen LogP contribution is -2.42. The topological polar surface area (TPSA) is 35.9 Å². The van der Waals surface area contributed by atoms with E-state index in [1.165, 1.54) is 27.8 Å². The van der Waals surface area contributed by atoms with Crippen LogP contribution in [0.5, 0.6) is 0 Å².